The molecular formula is C18H18N4O3S2. The van der Waals surface area contributed by atoms with Gasteiger partial charge in [-0.3, -0.25) is 9.59 Å². The Kier molecular flexibility index (Phi) is 6.25. The Morgan fingerprint density at radius 1 is 1.15 bits per heavy atom. The SMILES string of the molecule is Cc1ccc(CNC(=O)CSc2nnc(C(=O)Nc3ccccc3C)s2)o1. The Hall–Kier alpha value is -2.65. The lowest BCUT2D eigenvalue weighted by molar-refractivity contribution is -0.118. The van der Waals surface area contributed by atoms with Gasteiger partial charge >= 0.3 is 0 Å². The number of para-hydroxylation sites is 1. The Balaban J connectivity index is 1.48. The van der Waals surface area contributed by atoms with Crippen LogP contribution in [-0.4, -0.2) is 27.8 Å². The average Bonchev–Trinajstić information content (AvgIpc) is 3.29. The van der Waals surface area contributed by atoms with Gasteiger partial charge < -0.3 is 15.1 Å². The van der Waals surface area contributed by atoms with Gasteiger partial charge in [-0.15, -0.1) is 10.2 Å². The molecule has 0 bridgehead atoms. The smallest absolute Gasteiger partial charge is 0.286 e. The summed E-state index contributed by atoms with van der Waals surface area (Å²) in [7, 11) is 0. The Labute approximate surface area is 164 Å². The lowest BCUT2D eigenvalue weighted by atomic mass is 10.2. The Bertz CT molecular complexity index is 951. The topological polar surface area (TPSA) is 97.1 Å². The second kappa shape index (κ2) is 8.83. The van der Waals surface area contributed by atoms with Gasteiger partial charge in [-0.1, -0.05) is 41.3 Å². The zero-order chi connectivity index (χ0) is 19.2. The van der Waals surface area contributed by atoms with Crippen molar-refractivity contribution < 1.29 is 14.0 Å². The van der Waals surface area contributed by atoms with Gasteiger partial charge in [0.1, 0.15) is 11.5 Å². The van der Waals surface area contributed by atoms with Gasteiger partial charge in [0.2, 0.25) is 10.9 Å². The van der Waals surface area contributed by atoms with E-state index in [1.54, 1.807) is 0 Å². The maximum Gasteiger partial charge on any atom is 0.286 e. The minimum Gasteiger partial charge on any atom is -0.465 e. The highest BCUT2D eigenvalue weighted by atomic mass is 32.2. The average molecular weight is 403 g/mol. The highest BCUT2D eigenvalue weighted by Gasteiger charge is 2.15. The Morgan fingerprint density at radius 3 is 2.70 bits per heavy atom. The van der Waals surface area contributed by atoms with Crippen LogP contribution in [0.3, 0.4) is 0 Å². The number of hydrogen-bond acceptors (Lipinski definition) is 7. The molecule has 0 spiro atoms. The molecule has 0 atom stereocenters. The van der Waals surface area contributed by atoms with E-state index in [9.17, 15) is 9.59 Å². The summed E-state index contributed by atoms with van der Waals surface area (Å²) in [5.74, 6) is 1.24. The first-order chi connectivity index (χ1) is 13.0. The molecule has 0 radical (unpaired) electrons. The van der Waals surface area contributed by atoms with Gasteiger partial charge in [-0.05, 0) is 37.6 Å². The van der Waals surface area contributed by atoms with Crippen molar-refractivity contribution in [1.82, 2.24) is 15.5 Å². The second-order valence-corrected chi connectivity index (χ2v) is 7.92. The number of hydrogen-bond donors (Lipinski definition) is 2. The van der Waals surface area contributed by atoms with Crippen molar-refractivity contribution in [3.63, 3.8) is 0 Å². The number of aromatic nitrogens is 2. The number of nitrogens with one attached hydrogen (secondary N) is 2. The van der Waals surface area contributed by atoms with E-state index < -0.39 is 0 Å². The number of aryl methyl sites for hydroxylation is 2. The Morgan fingerprint density at radius 2 is 1.96 bits per heavy atom. The minimum atomic E-state index is -0.314. The normalized spacial score (nSPS) is 10.6. The zero-order valence-corrected chi connectivity index (χ0v) is 16.4. The number of benzene rings is 1. The van der Waals surface area contributed by atoms with Crippen LogP contribution in [0.1, 0.15) is 26.9 Å². The third-order valence-corrected chi connectivity index (χ3v) is 5.63. The summed E-state index contributed by atoms with van der Waals surface area (Å²) in [6, 6.07) is 11.2. The number of nitrogens with zero attached hydrogens (tertiary/aromatic N) is 2. The molecule has 0 saturated carbocycles. The third-order valence-electron chi connectivity index (χ3n) is 3.58. The van der Waals surface area contributed by atoms with E-state index >= 15 is 0 Å². The molecule has 0 aliphatic carbocycles. The van der Waals surface area contributed by atoms with Crippen molar-refractivity contribution in [2.75, 3.05) is 11.1 Å². The molecule has 27 heavy (non-hydrogen) atoms. The van der Waals surface area contributed by atoms with Crippen LogP contribution in [0.5, 0.6) is 0 Å². The highest BCUT2D eigenvalue weighted by molar-refractivity contribution is 8.01. The first kappa shape index (κ1) is 19.1. The number of furan rings is 1. The molecule has 0 aliphatic heterocycles. The lowest BCUT2D eigenvalue weighted by Crippen LogP contribution is -2.24. The molecule has 0 fully saturated rings. The second-order valence-electron chi connectivity index (χ2n) is 5.72. The van der Waals surface area contributed by atoms with E-state index in [0.717, 1.165) is 28.3 Å². The molecule has 2 aromatic heterocycles. The largest absolute Gasteiger partial charge is 0.465 e. The summed E-state index contributed by atoms with van der Waals surface area (Å²) >= 11 is 2.39. The van der Waals surface area contributed by atoms with Crippen LogP contribution in [0.25, 0.3) is 0 Å². The number of thioether (sulfide) groups is 1. The molecule has 2 heterocycles. The first-order valence-electron chi connectivity index (χ1n) is 8.16. The fraction of sp³-hybridized carbons (Fsp3) is 0.222. The molecule has 0 saturated heterocycles. The van der Waals surface area contributed by atoms with Gasteiger partial charge in [0, 0.05) is 5.69 Å². The van der Waals surface area contributed by atoms with E-state index in [1.165, 1.54) is 11.8 Å². The van der Waals surface area contributed by atoms with Crippen LogP contribution in [0, 0.1) is 13.8 Å². The molecule has 140 valence electrons. The highest BCUT2D eigenvalue weighted by Crippen LogP contribution is 2.23. The van der Waals surface area contributed by atoms with Crippen molar-refractivity contribution in [3.8, 4) is 0 Å². The molecule has 2 N–H and O–H groups in total. The van der Waals surface area contributed by atoms with Crippen molar-refractivity contribution in [2.24, 2.45) is 0 Å². The number of amides is 2. The summed E-state index contributed by atoms with van der Waals surface area (Å²) in [6.45, 7) is 4.11. The minimum absolute atomic E-state index is 0.143. The molecule has 7 nitrogen and oxygen atoms in total. The van der Waals surface area contributed by atoms with Crippen molar-refractivity contribution in [1.29, 1.82) is 0 Å². The molecule has 0 aliphatic rings. The van der Waals surface area contributed by atoms with Crippen molar-refractivity contribution in [3.05, 3.63) is 58.5 Å². The molecule has 0 unspecified atom stereocenters. The molecular weight excluding hydrogens is 384 g/mol. The van der Waals surface area contributed by atoms with Crippen LogP contribution >= 0.6 is 23.1 Å². The predicted octanol–water partition coefficient (Wildman–Crippen LogP) is 3.41. The van der Waals surface area contributed by atoms with Gasteiger partial charge in [0.15, 0.2) is 4.34 Å². The molecule has 2 amide bonds. The van der Waals surface area contributed by atoms with E-state index in [-0.39, 0.29) is 22.6 Å². The molecule has 3 rings (SSSR count). The summed E-state index contributed by atoms with van der Waals surface area (Å²) in [5.41, 5.74) is 1.70. The summed E-state index contributed by atoms with van der Waals surface area (Å²) in [6.07, 6.45) is 0. The first-order valence-corrected chi connectivity index (χ1v) is 9.97. The maximum absolute atomic E-state index is 12.3. The number of anilines is 1. The third kappa shape index (κ3) is 5.41. The zero-order valence-electron chi connectivity index (χ0n) is 14.8. The molecule has 3 aromatic rings. The summed E-state index contributed by atoms with van der Waals surface area (Å²) in [4.78, 5) is 24.2. The molecule has 1 aromatic carbocycles. The fourth-order valence-corrected chi connectivity index (χ4v) is 3.77. The number of carbonyl (C=O) groups is 2. The van der Waals surface area contributed by atoms with Gasteiger partial charge in [0.05, 0.1) is 12.3 Å². The monoisotopic (exact) mass is 402 g/mol. The van der Waals surface area contributed by atoms with Crippen LogP contribution < -0.4 is 10.6 Å². The van der Waals surface area contributed by atoms with Crippen LogP contribution in [0.2, 0.25) is 0 Å². The lowest BCUT2D eigenvalue weighted by Gasteiger charge is -2.05. The van der Waals surface area contributed by atoms with E-state index in [1.807, 2.05) is 50.2 Å². The quantitative estimate of drug-likeness (QED) is 0.588. The van der Waals surface area contributed by atoms with Crippen molar-refractivity contribution >= 4 is 40.6 Å². The van der Waals surface area contributed by atoms with Gasteiger partial charge in [-0.2, -0.15) is 0 Å². The number of rotatable bonds is 7. The van der Waals surface area contributed by atoms with Gasteiger partial charge in [0.25, 0.3) is 5.91 Å². The summed E-state index contributed by atoms with van der Waals surface area (Å²) < 4.78 is 5.96. The van der Waals surface area contributed by atoms with Crippen LogP contribution in [-0.2, 0) is 11.3 Å². The van der Waals surface area contributed by atoms with Crippen LogP contribution in [0.15, 0.2) is 45.2 Å². The van der Waals surface area contributed by atoms with E-state index in [0.29, 0.717) is 16.6 Å². The van der Waals surface area contributed by atoms with Crippen molar-refractivity contribution in [2.45, 2.75) is 24.7 Å². The fourth-order valence-electron chi connectivity index (χ4n) is 2.19. The van der Waals surface area contributed by atoms with Gasteiger partial charge in [-0.25, -0.2) is 0 Å². The maximum atomic E-state index is 12.3. The van der Waals surface area contributed by atoms with E-state index in [2.05, 4.69) is 20.8 Å². The predicted molar refractivity (Wildman–Crippen MR) is 105 cm³/mol. The standard InChI is InChI=1S/C18H18N4O3S2/c1-11-5-3-4-6-14(11)20-16(24)17-21-22-18(27-17)26-10-15(23)19-9-13-8-7-12(2)25-13/h3-8H,9-10H2,1-2H3,(H,19,23)(H,20,24). The number of carbonyl (C=O) groups excluding carboxylic acids is 2. The summed E-state index contributed by atoms with van der Waals surface area (Å²) in [5, 5.41) is 13.7. The van der Waals surface area contributed by atoms with Crippen LogP contribution in [0.4, 0.5) is 5.69 Å². The van der Waals surface area contributed by atoms with E-state index in [4.69, 9.17) is 4.42 Å². The molecule has 9 heteroatoms.